The fourth-order valence-electron chi connectivity index (χ4n) is 1.85. The summed E-state index contributed by atoms with van der Waals surface area (Å²) in [5, 5.41) is 3.25. The molecule has 0 aliphatic carbocycles. The monoisotopic (exact) mass is 264 g/mol. The molecule has 1 amide bonds. The molecule has 0 radical (unpaired) electrons. The van der Waals surface area contributed by atoms with Gasteiger partial charge in [-0.05, 0) is 17.7 Å². The second-order valence-corrected chi connectivity index (χ2v) is 4.69. The molecular weight excluding hydrogens is 244 g/mol. The summed E-state index contributed by atoms with van der Waals surface area (Å²) in [7, 11) is 3.53. The van der Waals surface area contributed by atoms with Crippen molar-refractivity contribution >= 4 is 5.91 Å². The van der Waals surface area contributed by atoms with Crippen LogP contribution >= 0.6 is 0 Å². The molecular formula is C14H20N2O3. The van der Waals surface area contributed by atoms with Crippen molar-refractivity contribution in [3.05, 3.63) is 23.8 Å². The molecule has 2 rings (SSSR count). The van der Waals surface area contributed by atoms with Gasteiger partial charge in [-0.15, -0.1) is 0 Å². The van der Waals surface area contributed by atoms with Crippen LogP contribution in [0.25, 0.3) is 0 Å². The number of fused-ring (bicyclic) bond motifs is 1. The van der Waals surface area contributed by atoms with Gasteiger partial charge in [0.2, 0.25) is 5.91 Å². The smallest absolute Gasteiger partial charge is 0.223 e. The number of hydrogen-bond acceptors (Lipinski definition) is 4. The number of nitrogens with zero attached hydrogens (tertiary/aromatic N) is 1. The molecule has 1 aliphatic heterocycles. The van der Waals surface area contributed by atoms with Crippen LogP contribution in [0, 0.1) is 0 Å². The minimum Gasteiger partial charge on any atom is -0.486 e. The maximum atomic E-state index is 11.4. The number of carbonyl (C=O) groups excluding carboxylic acids is 1. The van der Waals surface area contributed by atoms with Crippen LogP contribution in [0.15, 0.2) is 18.2 Å². The maximum absolute atomic E-state index is 11.4. The molecule has 1 aromatic rings. The average Bonchev–Trinajstić information content (AvgIpc) is 2.43. The zero-order valence-electron chi connectivity index (χ0n) is 11.4. The van der Waals surface area contributed by atoms with Crippen molar-refractivity contribution in [3.63, 3.8) is 0 Å². The third-order valence-electron chi connectivity index (χ3n) is 2.95. The molecule has 0 fully saturated rings. The van der Waals surface area contributed by atoms with Crippen LogP contribution in [0.5, 0.6) is 11.5 Å². The number of carbonyl (C=O) groups is 1. The van der Waals surface area contributed by atoms with E-state index in [0.29, 0.717) is 26.2 Å². The predicted molar refractivity (Wildman–Crippen MR) is 72.4 cm³/mol. The fraction of sp³-hybridized carbons (Fsp3) is 0.500. The van der Waals surface area contributed by atoms with Crippen LogP contribution in [-0.4, -0.2) is 44.7 Å². The van der Waals surface area contributed by atoms with E-state index >= 15 is 0 Å². The van der Waals surface area contributed by atoms with Crippen molar-refractivity contribution in [2.75, 3.05) is 33.9 Å². The van der Waals surface area contributed by atoms with Crippen molar-refractivity contribution in [2.24, 2.45) is 0 Å². The van der Waals surface area contributed by atoms with Gasteiger partial charge in [0.15, 0.2) is 11.5 Å². The third kappa shape index (κ3) is 3.86. The lowest BCUT2D eigenvalue weighted by Gasteiger charge is -2.19. The standard InChI is InChI=1S/C14H20N2O3/c1-16(2)14(17)5-6-15-10-11-3-4-12-13(9-11)19-8-7-18-12/h3-4,9,15H,5-8,10H2,1-2H3. The molecule has 1 aliphatic rings. The number of benzene rings is 1. The lowest BCUT2D eigenvalue weighted by molar-refractivity contribution is -0.128. The number of ether oxygens (including phenoxy) is 2. The molecule has 0 unspecified atom stereocenters. The summed E-state index contributed by atoms with van der Waals surface area (Å²) < 4.78 is 11.0. The SMILES string of the molecule is CN(C)C(=O)CCNCc1ccc2c(c1)OCCO2. The van der Waals surface area contributed by atoms with Crippen LogP contribution in [0.3, 0.4) is 0 Å². The van der Waals surface area contributed by atoms with E-state index in [9.17, 15) is 4.79 Å². The highest BCUT2D eigenvalue weighted by Crippen LogP contribution is 2.30. The van der Waals surface area contributed by atoms with Gasteiger partial charge in [-0.1, -0.05) is 6.07 Å². The number of nitrogens with one attached hydrogen (secondary N) is 1. The number of amides is 1. The summed E-state index contributed by atoms with van der Waals surface area (Å²) in [6.07, 6.45) is 0.511. The largest absolute Gasteiger partial charge is 0.486 e. The van der Waals surface area contributed by atoms with E-state index in [-0.39, 0.29) is 5.91 Å². The zero-order chi connectivity index (χ0) is 13.7. The lowest BCUT2D eigenvalue weighted by Crippen LogP contribution is -2.26. The molecule has 5 nitrogen and oxygen atoms in total. The van der Waals surface area contributed by atoms with Crippen LogP contribution in [0.1, 0.15) is 12.0 Å². The van der Waals surface area contributed by atoms with Crippen molar-refractivity contribution in [1.82, 2.24) is 10.2 Å². The highest BCUT2D eigenvalue weighted by atomic mass is 16.6. The molecule has 0 bridgehead atoms. The van der Waals surface area contributed by atoms with Gasteiger partial charge >= 0.3 is 0 Å². The van der Waals surface area contributed by atoms with Crippen LogP contribution in [0.4, 0.5) is 0 Å². The molecule has 1 aromatic carbocycles. The quantitative estimate of drug-likeness (QED) is 0.807. The van der Waals surface area contributed by atoms with E-state index in [4.69, 9.17) is 9.47 Å². The van der Waals surface area contributed by atoms with Crippen molar-refractivity contribution in [1.29, 1.82) is 0 Å². The van der Waals surface area contributed by atoms with Crippen LogP contribution in [-0.2, 0) is 11.3 Å². The van der Waals surface area contributed by atoms with Crippen LogP contribution < -0.4 is 14.8 Å². The molecule has 19 heavy (non-hydrogen) atoms. The summed E-state index contributed by atoms with van der Waals surface area (Å²) in [5.74, 6) is 1.74. The summed E-state index contributed by atoms with van der Waals surface area (Å²) in [5.41, 5.74) is 1.13. The molecule has 5 heteroatoms. The van der Waals surface area contributed by atoms with Gasteiger partial charge in [-0.2, -0.15) is 0 Å². The van der Waals surface area contributed by atoms with Gasteiger partial charge in [0.1, 0.15) is 13.2 Å². The molecule has 0 spiro atoms. The summed E-state index contributed by atoms with van der Waals surface area (Å²) >= 11 is 0. The Morgan fingerprint density at radius 3 is 2.74 bits per heavy atom. The van der Waals surface area contributed by atoms with E-state index in [0.717, 1.165) is 23.6 Å². The molecule has 1 N–H and O–H groups in total. The maximum Gasteiger partial charge on any atom is 0.223 e. The van der Waals surface area contributed by atoms with Gasteiger partial charge in [-0.3, -0.25) is 4.79 Å². The molecule has 1 heterocycles. The van der Waals surface area contributed by atoms with Crippen molar-refractivity contribution in [3.8, 4) is 11.5 Å². The van der Waals surface area contributed by atoms with Gasteiger partial charge in [0.05, 0.1) is 0 Å². The first-order valence-corrected chi connectivity index (χ1v) is 6.46. The first-order chi connectivity index (χ1) is 9.16. The summed E-state index contributed by atoms with van der Waals surface area (Å²) in [4.78, 5) is 13.0. The Morgan fingerprint density at radius 2 is 2.00 bits per heavy atom. The van der Waals surface area contributed by atoms with Crippen molar-refractivity contribution in [2.45, 2.75) is 13.0 Å². The Bertz CT molecular complexity index is 446. The lowest BCUT2D eigenvalue weighted by atomic mass is 10.2. The molecule has 104 valence electrons. The van der Waals surface area contributed by atoms with Gasteiger partial charge < -0.3 is 19.7 Å². The minimum atomic E-state index is 0.134. The first kappa shape index (κ1) is 13.7. The van der Waals surface area contributed by atoms with E-state index < -0.39 is 0 Å². The Kier molecular flexibility index (Phi) is 4.63. The number of hydrogen-bond donors (Lipinski definition) is 1. The molecule has 0 saturated carbocycles. The van der Waals surface area contributed by atoms with Gasteiger partial charge in [0, 0.05) is 33.6 Å². The summed E-state index contributed by atoms with van der Waals surface area (Å²) in [6.45, 7) is 2.60. The Morgan fingerprint density at radius 1 is 1.26 bits per heavy atom. The van der Waals surface area contributed by atoms with Gasteiger partial charge in [0.25, 0.3) is 0 Å². The first-order valence-electron chi connectivity index (χ1n) is 6.46. The van der Waals surface area contributed by atoms with Gasteiger partial charge in [-0.25, -0.2) is 0 Å². The zero-order valence-corrected chi connectivity index (χ0v) is 11.4. The second kappa shape index (κ2) is 6.43. The Balaban J connectivity index is 1.79. The van der Waals surface area contributed by atoms with E-state index in [1.807, 2.05) is 18.2 Å². The van der Waals surface area contributed by atoms with E-state index in [1.54, 1.807) is 19.0 Å². The second-order valence-electron chi connectivity index (χ2n) is 4.69. The highest BCUT2D eigenvalue weighted by Gasteiger charge is 2.11. The van der Waals surface area contributed by atoms with E-state index in [1.165, 1.54) is 0 Å². The highest BCUT2D eigenvalue weighted by molar-refractivity contribution is 5.75. The molecule has 0 saturated heterocycles. The minimum absolute atomic E-state index is 0.134. The average molecular weight is 264 g/mol. The number of rotatable bonds is 5. The summed E-state index contributed by atoms with van der Waals surface area (Å²) in [6, 6.07) is 5.92. The van der Waals surface area contributed by atoms with E-state index in [2.05, 4.69) is 5.32 Å². The normalized spacial score (nSPS) is 13.2. The van der Waals surface area contributed by atoms with Crippen molar-refractivity contribution < 1.29 is 14.3 Å². The Hall–Kier alpha value is -1.75. The predicted octanol–water partition coefficient (Wildman–Crippen LogP) is 1.03. The Labute approximate surface area is 113 Å². The molecule has 0 aromatic heterocycles. The topological polar surface area (TPSA) is 50.8 Å². The third-order valence-corrected chi connectivity index (χ3v) is 2.95. The molecule has 0 atom stereocenters. The fourth-order valence-corrected chi connectivity index (χ4v) is 1.85. The van der Waals surface area contributed by atoms with Crippen LogP contribution in [0.2, 0.25) is 0 Å².